The summed E-state index contributed by atoms with van der Waals surface area (Å²) in [6.45, 7) is 3.07. The third-order valence-corrected chi connectivity index (χ3v) is 2.49. The molecule has 0 aromatic heterocycles. The molecular formula is C4H7IN2. The summed E-state index contributed by atoms with van der Waals surface area (Å²) in [5, 5.41) is 0. The van der Waals surface area contributed by atoms with Gasteiger partial charge in [0.05, 0.1) is 0 Å². The number of rotatable bonds is 0. The van der Waals surface area contributed by atoms with Gasteiger partial charge >= 0.3 is 0 Å². The molecule has 0 aliphatic carbocycles. The lowest BCUT2D eigenvalue weighted by Gasteiger charge is -1.97. The molecule has 1 aliphatic heterocycles. The first-order chi connectivity index (χ1) is 3.39. The molecule has 0 unspecified atom stereocenters. The van der Waals surface area contributed by atoms with Crippen LogP contribution in [0, 0.1) is 0 Å². The maximum Gasteiger partial charge on any atom is 0.0429 e. The first-order valence-corrected chi connectivity index (χ1v) is 4.18. The summed E-state index contributed by atoms with van der Waals surface area (Å²) < 4.78 is 5.52. The largest absolute Gasteiger partial charge is 0.205 e. The molecule has 1 heterocycles. The summed E-state index contributed by atoms with van der Waals surface area (Å²) in [5.74, 6) is 0. The van der Waals surface area contributed by atoms with Crippen LogP contribution < -0.4 is 5.43 Å². The lowest BCUT2D eigenvalue weighted by Crippen LogP contribution is -2.04. The SMILES string of the molecule is CC1=CCNN=I1. The van der Waals surface area contributed by atoms with E-state index < -0.39 is 0 Å². The Labute approximate surface area is 53.1 Å². The quantitative estimate of drug-likeness (QED) is 0.603. The van der Waals surface area contributed by atoms with E-state index in [4.69, 9.17) is 0 Å². The second-order valence-electron chi connectivity index (χ2n) is 1.32. The first-order valence-electron chi connectivity index (χ1n) is 2.13. The molecule has 0 atom stereocenters. The third kappa shape index (κ3) is 1.65. The van der Waals surface area contributed by atoms with Crippen LogP contribution in [-0.4, -0.2) is 6.54 Å². The van der Waals surface area contributed by atoms with Gasteiger partial charge in [0.25, 0.3) is 0 Å². The highest BCUT2D eigenvalue weighted by molar-refractivity contribution is 14.2. The molecule has 7 heavy (non-hydrogen) atoms. The molecule has 1 aliphatic rings. The van der Waals surface area contributed by atoms with Crippen molar-refractivity contribution < 1.29 is 0 Å². The molecule has 0 fully saturated rings. The summed E-state index contributed by atoms with van der Waals surface area (Å²) in [4.78, 5) is 0. The lowest BCUT2D eigenvalue weighted by molar-refractivity contribution is 0.848. The Kier molecular flexibility index (Phi) is 1.93. The molecular weight excluding hydrogens is 203 g/mol. The number of nitrogens with one attached hydrogen (secondary N) is 1. The van der Waals surface area contributed by atoms with E-state index in [-0.39, 0.29) is 21.0 Å². The van der Waals surface area contributed by atoms with Crippen molar-refractivity contribution in [2.45, 2.75) is 6.92 Å². The van der Waals surface area contributed by atoms with Gasteiger partial charge < -0.3 is 0 Å². The third-order valence-electron chi connectivity index (χ3n) is 0.710. The van der Waals surface area contributed by atoms with E-state index in [2.05, 4.69) is 21.7 Å². The minimum absolute atomic E-state index is 0.0269. The maximum atomic E-state index is 4.05. The van der Waals surface area contributed by atoms with Crippen LogP contribution in [0.5, 0.6) is 0 Å². The Hall–Kier alpha value is 0.230. The van der Waals surface area contributed by atoms with Gasteiger partial charge in [-0.15, -0.1) is 0 Å². The number of halogens is 1. The molecule has 0 saturated carbocycles. The smallest absolute Gasteiger partial charge is 0.0429 e. The van der Waals surface area contributed by atoms with E-state index in [1.165, 1.54) is 3.58 Å². The zero-order chi connectivity index (χ0) is 5.11. The Morgan fingerprint density at radius 1 is 2.00 bits per heavy atom. The number of hydrogen-bond acceptors (Lipinski definition) is 2. The molecule has 0 spiro atoms. The van der Waals surface area contributed by atoms with E-state index in [0.717, 1.165) is 6.54 Å². The highest BCUT2D eigenvalue weighted by Gasteiger charge is 1.87. The topological polar surface area (TPSA) is 24.4 Å². The molecule has 0 bridgehead atoms. The normalized spacial score (nSPS) is 20.4. The lowest BCUT2D eigenvalue weighted by atomic mass is 10.5. The summed E-state index contributed by atoms with van der Waals surface area (Å²) in [5.41, 5.74) is 2.91. The molecule has 1 N–H and O–H groups in total. The Morgan fingerprint density at radius 3 is 3.14 bits per heavy atom. The molecule has 2 nitrogen and oxygen atoms in total. The van der Waals surface area contributed by atoms with Gasteiger partial charge in [0.2, 0.25) is 0 Å². The fourth-order valence-corrected chi connectivity index (χ4v) is 1.52. The van der Waals surface area contributed by atoms with Crippen LogP contribution in [0.15, 0.2) is 12.9 Å². The van der Waals surface area contributed by atoms with Crippen molar-refractivity contribution in [3.05, 3.63) is 9.66 Å². The van der Waals surface area contributed by atoms with Crippen LogP contribution in [0.3, 0.4) is 0 Å². The molecule has 0 amide bonds. The molecule has 1 rings (SSSR count). The van der Waals surface area contributed by atoms with Crippen molar-refractivity contribution in [2.24, 2.45) is 3.25 Å². The van der Waals surface area contributed by atoms with Crippen molar-refractivity contribution in [3.63, 3.8) is 0 Å². The van der Waals surface area contributed by atoms with Crippen LogP contribution >= 0.6 is 21.0 Å². The predicted octanol–water partition coefficient (Wildman–Crippen LogP) is 1.56. The van der Waals surface area contributed by atoms with Gasteiger partial charge in [-0.3, -0.25) is 0 Å². The fraction of sp³-hybridized carbons (Fsp3) is 0.500. The van der Waals surface area contributed by atoms with E-state index in [1.54, 1.807) is 0 Å². The Bertz CT molecular complexity index is 117. The van der Waals surface area contributed by atoms with Gasteiger partial charge in [-0.2, -0.15) is 3.25 Å². The van der Waals surface area contributed by atoms with Crippen LogP contribution in [0.25, 0.3) is 0 Å². The number of hydrogen-bond donors (Lipinski definition) is 1. The van der Waals surface area contributed by atoms with Gasteiger partial charge in [0, 0.05) is 27.6 Å². The molecule has 0 aromatic rings. The zero-order valence-electron chi connectivity index (χ0n) is 4.11. The van der Waals surface area contributed by atoms with E-state index >= 15 is 0 Å². The minimum atomic E-state index is 0.0269. The monoisotopic (exact) mass is 210 g/mol. The van der Waals surface area contributed by atoms with E-state index in [1.807, 2.05) is 0 Å². The second kappa shape index (κ2) is 2.52. The summed E-state index contributed by atoms with van der Waals surface area (Å²) in [7, 11) is 0. The van der Waals surface area contributed by atoms with Crippen molar-refractivity contribution in [2.75, 3.05) is 6.54 Å². The molecule has 0 radical (unpaired) electrons. The van der Waals surface area contributed by atoms with Crippen molar-refractivity contribution >= 4 is 21.0 Å². The van der Waals surface area contributed by atoms with Crippen LogP contribution in [0.4, 0.5) is 0 Å². The van der Waals surface area contributed by atoms with Crippen molar-refractivity contribution in [3.8, 4) is 0 Å². The fourth-order valence-electron chi connectivity index (χ4n) is 0.352. The summed E-state index contributed by atoms with van der Waals surface area (Å²) in [6.07, 6.45) is 2.19. The molecule has 3 heteroatoms. The predicted molar refractivity (Wildman–Crippen MR) is 38.2 cm³/mol. The number of nitrogens with zero attached hydrogens (tertiary/aromatic N) is 1. The average molecular weight is 210 g/mol. The van der Waals surface area contributed by atoms with Gasteiger partial charge in [0.15, 0.2) is 0 Å². The summed E-state index contributed by atoms with van der Waals surface area (Å²) >= 11 is 0.0269. The van der Waals surface area contributed by atoms with Gasteiger partial charge in [0.1, 0.15) is 0 Å². The van der Waals surface area contributed by atoms with Gasteiger partial charge in [-0.1, -0.05) is 6.08 Å². The first kappa shape index (κ1) is 5.37. The van der Waals surface area contributed by atoms with Crippen LogP contribution in [0.1, 0.15) is 6.92 Å². The molecule has 40 valence electrons. The Balaban J connectivity index is 2.58. The van der Waals surface area contributed by atoms with Gasteiger partial charge in [-0.05, 0) is 10.5 Å². The van der Waals surface area contributed by atoms with E-state index in [0.29, 0.717) is 0 Å². The average Bonchev–Trinajstić information content (AvgIpc) is 1.69. The zero-order valence-corrected chi connectivity index (χ0v) is 6.27. The van der Waals surface area contributed by atoms with Gasteiger partial charge in [-0.25, -0.2) is 5.43 Å². The van der Waals surface area contributed by atoms with Crippen molar-refractivity contribution in [1.29, 1.82) is 0 Å². The van der Waals surface area contributed by atoms with Crippen molar-refractivity contribution in [1.82, 2.24) is 5.43 Å². The highest BCUT2D eigenvalue weighted by Crippen LogP contribution is 2.15. The standard InChI is InChI=1S/C4H7IN2/c1-4-2-3-6-7-5-4/h2,6H,3H2,1H3. The summed E-state index contributed by atoms with van der Waals surface area (Å²) in [6, 6.07) is 0. The maximum absolute atomic E-state index is 4.05. The second-order valence-corrected chi connectivity index (χ2v) is 3.99. The number of allylic oxidation sites excluding steroid dienone is 1. The highest BCUT2D eigenvalue weighted by atomic mass is 127. The van der Waals surface area contributed by atoms with E-state index in [9.17, 15) is 0 Å². The van der Waals surface area contributed by atoms with Crippen LogP contribution in [0.2, 0.25) is 0 Å². The van der Waals surface area contributed by atoms with Crippen LogP contribution in [-0.2, 0) is 0 Å². The molecule has 0 aromatic carbocycles. The Morgan fingerprint density at radius 2 is 2.86 bits per heavy atom. The minimum Gasteiger partial charge on any atom is -0.205 e. The molecule has 0 saturated heterocycles.